The summed E-state index contributed by atoms with van der Waals surface area (Å²) in [6, 6.07) is 7.23. The van der Waals surface area contributed by atoms with Gasteiger partial charge in [-0.1, -0.05) is 52.6 Å². The lowest BCUT2D eigenvalue weighted by molar-refractivity contribution is -0.275. The summed E-state index contributed by atoms with van der Waals surface area (Å²) >= 11 is 11.4. The lowest BCUT2D eigenvalue weighted by Crippen LogP contribution is -2.61. The summed E-state index contributed by atoms with van der Waals surface area (Å²) in [5.74, 6) is -1.55. The molecule has 2 aromatic carbocycles. The largest absolute Gasteiger partial charge is 0.435 e. The molecule has 5 nitrogen and oxygen atoms in total. The lowest BCUT2D eigenvalue weighted by Gasteiger charge is -2.45. The van der Waals surface area contributed by atoms with E-state index in [0.29, 0.717) is 12.8 Å². The molecule has 2 aromatic rings. The molecule has 12 heteroatoms. The van der Waals surface area contributed by atoms with Crippen molar-refractivity contribution in [1.29, 1.82) is 0 Å². The van der Waals surface area contributed by atoms with Crippen LogP contribution in [0.5, 0.6) is 0 Å². The zero-order valence-electron chi connectivity index (χ0n) is 17.8. The van der Waals surface area contributed by atoms with Gasteiger partial charge in [0.1, 0.15) is 5.60 Å². The van der Waals surface area contributed by atoms with Crippen molar-refractivity contribution in [3.05, 3.63) is 69.0 Å². The van der Waals surface area contributed by atoms with Crippen molar-refractivity contribution in [3.8, 4) is 0 Å². The maximum Gasteiger partial charge on any atom is 0.435 e. The van der Waals surface area contributed by atoms with Crippen LogP contribution >= 0.6 is 23.2 Å². The third-order valence-electron chi connectivity index (χ3n) is 6.66. The van der Waals surface area contributed by atoms with Gasteiger partial charge in [0.2, 0.25) is 0 Å². The Balaban J connectivity index is 1.35. The standard InChI is InChI=1S/C23H17Cl2F5N2O3/c24-15-7-14(8-16(25)18(15)26)22(23(28,29)30)9-17(31-35-22)12-1-3-13(4-2-12)20(27)10-32(11-20)19(33)21(34)5-6-21/h1-4,7-8,34H,5-6,9-11H2. The van der Waals surface area contributed by atoms with E-state index in [2.05, 4.69) is 5.16 Å². The van der Waals surface area contributed by atoms with Crippen molar-refractivity contribution in [2.75, 3.05) is 13.1 Å². The van der Waals surface area contributed by atoms with E-state index >= 15 is 4.39 Å². The molecule has 0 spiro atoms. The first kappa shape index (κ1) is 24.3. The van der Waals surface area contributed by atoms with Gasteiger partial charge in [0.05, 0.1) is 28.8 Å². The number of likely N-dealkylation sites (tertiary alicyclic amines) is 1. The molecule has 1 aliphatic carbocycles. The predicted molar refractivity (Wildman–Crippen MR) is 116 cm³/mol. The number of rotatable bonds is 4. The summed E-state index contributed by atoms with van der Waals surface area (Å²) in [5, 5.41) is 12.3. The number of hydrogen-bond acceptors (Lipinski definition) is 4. The second kappa shape index (κ2) is 7.78. The average Bonchev–Trinajstić information content (AvgIpc) is 3.36. The number of oxime groups is 1. The molecule has 1 unspecified atom stereocenters. The van der Waals surface area contributed by atoms with Crippen molar-refractivity contribution in [2.45, 2.75) is 42.3 Å². The first-order chi connectivity index (χ1) is 16.3. The molecule has 2 fully saturated rings. The summed E-state index contributed by atoms with van der Waals surface area (Å²) in [7, 11) is 0. The molecule has 2 heterocycles. The summed E-state index contributed by atoms with van der Waals surface area (Å²) in [6.45, 7) is -0.443. The molecule has 1 saturated carbocycles. The van der Waals surface area contributed by atoms with E-state index in [1.165, 1.54) is 29.2 Å². The highest BCUT2D eigenvalue weighted by atomic mass is 35.5. The zero-order valence-corrected chi connectivity index (χ0v) is 19.3. The summed E-state index contributed by atoms with van der Waals surface area (Å²) < 4.78 is 71.4. The van der Waals surface area contributed by atoms with E-state index in [1.807, 2.05) is 0 Å². The van der Waals surface area contributed by atoms with Crippen LogP contribution in [0.25, 0.3) is 0 Å². The minimum absolute atomic E-state index is 0.0558. The van der Waals surface area contributed by atoms with Crippen LogP contribution in [0.1, 0.15) is 36.0 Å². The van der Waals surface area contributed by atoms with Gasteiger partial charge in [-0.2, -0.15) is 13.2 Å². The molecule has 1 amide bonds. The number of alkyl halides is 4. The fraction of sp³-hybridized carbons (Fsp3) is 0.391. The predicted octanol–water partition coefficient (Wildman–Crippen LogP) is 5.25. The van der Waals surface area contributed by atoms with E-state index in [1.54, 1.807) is 0 Å². The summed E-state index contributed by atoms with van der Waals surface area (Å²) in [4.78, 5) is 18.3. The van der Waals surface area contributed by atoms with Gasteiger partial charge in [-0.05, 0) is 36.1 Å². The molecule has 1 atom stereocenters. The number of halogens is 7. The number of carbonyl (C=O) groups excluding carboxylic acids is 1. The molecule has 2 aliphatic heterocycles. The second-order valence-electron chi connectivity index (χ2n) is 9.12. The molecular formula is C23H17Cl2F5N2O3. The van der Waals surface area contributed by atoms with Gasteiger partial charge < -0.3 is 14.8 Å². The normalized spacial score (nSPS) is 24.5. The smallest absolute Gasteiger partial charge is 0.380 e. The van der Waals surface area contributed by atoms with E-state index in [4.69, 9.17) is 28.0 Å². The van der Waals surface area contributed by atoms with E-state index in [9.17, 15) is 27.5 Å². The molecule has 0 aromatic heterocycles. The summed E-state index contributed by atoms with van der Waals surface area (Å²) in [5.41, 5.74) is -6.19. The highest BCUT2D eigenvalue weighted by Crippen LogP contribution is 2.50. The van der Waals surface area contributed by atoms with Crippen LogP contribution in [-0.2, 0) is 20.9 Å². The Morgan fingerprint density at radius 1 is 1.06 bits per heavy atom. The molecular weight excluding hydrogens is 518 g/mol. The molecule has 35 heavy (non-hydrogen) atoms. The zero-order chi connectivity index (χ0) is 25.4. The van der Waals surface area contributed by atoms with Gasteiger partial charge >= 0.3 is 6.18 Å². The van der Waals surface area contributed by atoms with E-state index in [-0.39, 0.29) is 29.9 Å². The van der Waals surface area contributed by atoms with Crippen LogP contribution < -0.4 is 0 Å². The highest BCUT2D eigenvalue weighted by Gasteiger charge is 2.62. The minimum atomic E-state index is -4.95. The first-order valence-corrected chi connectivity index (χ1v) is 11.3. The van der Waals surface area contributed by atoms with Crippen LogP contribution in [-0.4, -0.2) is 46.5 Å². The molecule has 186 valence electrons. The number of amides is 1. The second-order valence-corrected chi connectivity index (χ2v) is 9.93. The number of carbonyl (C=O) groups is 1. The van der Waals surface area contributed by atoms with Gasteiger partial charge in [-0.25, -0.2) is 8.78 Å². The van der Waals surface area contributed by atoms with Gasteiger partial charge in [-0.15, -0.1) is 0 Å². The monoisotopic (exact) mass is 534 g/mol. The van der Waals surface area contributed by atoms with E-state index < -0.39 is 56.8 Å². The van der Waals surface area contributed by atoms with Crippen LogP contribution in [0.15, 0.2) is 41.6 Å². The Morgan fingerprint density at radius 3 is 2.14 bits per heavy atom. The number of nitrogens with zero attached hydrogens (tertiary/aromatic N) is 2. The fourth-order valence-electron chi connectivity index (χ4n) is 4.32. The molecule has 1 N–H and O–H groups in total. The lowest BCUT2D eigenvalue weighted by atomic mass is 9.84. The van der Waals surface area contributed by atoms with Gasteiger partial charge in [0, 0.05) is 12.0 Å². The topological polar surface area (TPSA) is 62.1 Å². The third kappa shape index (κ3) is 3.86. The third-order valence-corrected chi connectivity index (χ3v) is 7.21. The van der Waals surface area contributed by atoms with Crippen LogP contribution in [0.3, 0.4) is 0 Å². The van der Waals surface area contributed by atoms with Crippen molar-refractivity contribution < 1.29 is 36.7 Å². The number of aliphatic hydroxyl groups is 1. The van der Waals surface area contributed by atoms with E-state index in [0.717, 1.165) is 12.1 Å². The molecule has 5 rings (SSSR count). The Morgan fingerprint density at radius 2 is 1.63 bits per heavy atom. The van der Waals surface area contributed by atoms with Gasteiger partial charge in [-0.3, -0.25) is 4.79 Å². The van der Waals surface area contributed by atoms with Crippen LogP contribution in [0.2, 0.25) is 10.0 Å². The summed E-state index contributed by atoms with van der Waals surface area (Å²) in [6.07, 6.45) is -4.97. The maximum atomic E-state index is 15.2. The van der Waals surface area contributed by atoms with Crippen LogP contribution in [0, 0.1) is 5.82 Å². The maximum absolute atomic E-state index is 15.2. The Hall–Kier alpha value is -2.43. The molecule has 0 bridgehead atoms. The molecule has 0 radical (unpaired) electrons. The molecule has 3 aliphatic rings. The quantitative estimate of drug-likeness (QED) is 0.430. The van der Waals surface area contributed by atoms with Crippen molar-refractivity contribution in [1.82, 2.24) is 4.90 Å². The first-order valence-electron chi connectivity index (χ1n) is 10.6. The van der Waals surface area contributed by atoms with Gasteiger partial charge in [0.15, 0.2) is 11.5 Å². The fourth-order valence-corrected chi connectivity index (χ4v) is 4.81. The molecule has 1 saturated heterocycles. The van der Waals surface area contributed by atoms with Crippen LogP contribution in [0.4, 0.5) is 22.0 Å². The van der Waals surface area contributed by atoms with Crippen molar-refractivity contribution in [3.63, 3.8) is 0 Å². The Labute approximate surface area is 206 Å². The number of hydrogen-bond donors (Lipinski definition) is 1. The minimum Gasteiger partial charge on any atom is -0.380 e. The van der Waals surface area contributed by atoms with Crippen molar-refractivity contribution >= 4 is 34.8 Å². The highest BCUT2D eigenvalue weighted by molar-refractivity contribution is 6.35. The Kier molecular flexibility index (Phi) is 5.40. The number of benzene rings is 2. The SMILES string of the molecule is O=C(N1CC(F)(c2ccc(C3=NOC(c4cc(Cl)c(F)c(Cl)c4)(C(F)(F)F)C3)cc2)C1)C1(O)CC1. The Bertz CT molecular complexity index is 1220. The van der Waals surface area contributed by atoms with Gasteiger partial charge in [0.25, 0.3) is 11.5 Å². The van der Waals surface area contributed by atoms with Crippen molar-refractivity contribution in [2.24, 2.45) is 5.16 Å². The average molecular weight is 535 g/mol.